The predicted molar refractivity (Wildman–Crippen MR) is 40.2 cm³/mol. The first kappa shape index (κ1) is 7.30. The summed E-state index contributed by atoms with van der Waals surface area (Å²) in [5.74, 6) is 0. The zero-order valence-electron chi connectivity index (χ0n) is 5.44. The van der Waals surface area contributed by atoms with E-state index in [1.54, 1.807) is 12.4 Å². The van der Waals surface area contributed by atoms with E-state index < -0.39 is 11.4 Å². The summed E-state index contributed by atoms with van der Waals surface area (Å²) in [5.41, 5.74) is 0.829. The van der Waals surface area contributed by atoms with Gasteiger partial charge in [-0.1, -0.05) is 4.40 Å². The van der Waals surface area contributed by atoms with Crippen molar-refractivity contribution in [2.75, 3.05) is 6.26 Å². The minimum Gasteiger partial charge on any atom is -0.592 e. The zero-order chi connectivity index (χ0) is 7.40. The fraction of sp³-hybridized carbons (Fsp3) is 0.200. The van der Waals surface area contributed by atoms with Crippen molar-refractivity contribution in [2.24, 2.45) is 4.40 Å². The molecule has 0 fully saturated rings. The number of nitrogens with one attached hydrogen (secondary N) is 1. The summed E-state index contributed by atoms with van der Waals surface area (Å²) >= 11 is -1.12. The molecule has 4 nitrogen and oxygen atoms in total. The zero-order valence-corrected chi connectivity index (χ0v) is 6.26. The highest BCUT2D eigenvalue weighted by molar-refractivity contribution is 7.89. The largest absolute Gasteiger partial charge is 0.592 e. The van der Waals surface area contributed by atoms with Crippen LogP contribution in [0.1, 0.15) is 5.56 Å². The second-order valence-electron chi connectivity index (χ2n) is 1.69. The van der Waals surface area contributed by atoms with Crippen LogP contribution in [-0.4, -0.2) is 27.2 Å². The van der Waals surface area contributed by atoms with Gasteiger partial charge in [0.05, 0.1) is 23.8 Å². The molecule has 54 valence electrons. The maximum absolute atomic E-state index is 10.4. The molecule has 1 rings (SSSR count). The van der Waals surface area contributed by atoms with E-state index in [-0.39, 0.29) is 0 Å². The number of hydrogen-bond donors (Lipinski definition) is 1. The van der Waals surface area contributed by atoms with Gasteiger partial charge in [0.25, 0.3) is 0 Å². The normalized spacial score (nSPS) is 14.2. The molecule has 1 unspecified atom stereocenters. The Hall–Kier alpha value is -0.810. The summed E-state index contributed by atoms with van der Waals surface area (Å²) in [6, 6.07) is 0. The van der Waals surface area contributed by atoms with Crippen LogP contribution in [0.2, 0.25) is 0 Å². The molecule has 0 aliphatic rings. The standard InChI is InChI=1S/C5H7N3OS/c1-10(9)8-4-5-2-6-7-3-5/h2-4H,1H3,(H,6,7). The summed E-state index contributed by atoms with van der Waals surface area (Å²) in [6.45, 7) is 0. The van der Waals surface area contributed by atoms with Gasteiger partial charge in [-0.2, -0.15) is 5.10 Å². The number of rotatable bonds is 2. The van der Waals surface area contributed by atoms with Crippen molar-refractivity contribution in [3.05, 3.63) is 18.0 Å². The van der Waals surface area contributed by atoms with Crippen molar-refractivity contribution in [3.8, 4) is 0 Å². The minimum absolute atomic E-state index is 0.829. The van der Waals surface area contributed by atoms with E-state index in [1.807, 2.05) is 0 Å². The number of hydrogen-bond acceptors (Lipinski definition) is 3. The number of aromatic amines is 1. The van der Waals surface area contributed by atoms with Gasteiger partial charge < -0.3 is 4.55 Å². The first-order valence-electron chi connectivity index (χ1n) is 2.65. The van der Waals surface area contributed by atoms with Crippen LogP contribution in [0.5, 0.6) is 0 Å². The molecule has 0 aromatic carbocycles. The topological polar surface area (TPSA) is 64.1 Å². The van der Waals surface area contributed by atoms with E-state index in [1.165, 1.54) is 12.5 Å². The smallest absolute Gasteiger partial charge is 0.123 e. The molecule has 1 heterocycles. The third-order valence-corrected chi connectivity index (χ3v) is 1.27. The van der Waals surface area contributed by atoms with Gasteiger partial charge in [0.2, 0.25) is 0 Å². The first-order valence-corrected chi connectivity index (χ1v) is 4.17. The highest BCUT2D eigenvalue weighted by atomic mass is 32.2. The Balaban J connectivity index is 2.55. The molecule has 1 aromatic heterocycles. The Labute approximate surface area is 61.7 Å². The summed E-state index contributed by atoms with van der Waals surface area (Å²) in [7, 11) is 0. The van der Waals surface area contributed by atoms with Crippen molar-refractivity contribution >= 4 is 17.6 Å². The Morgan fingerprint density at radius 3 is 3.20 bits per heavy atom. The van der Waals surface area contributed by atoms with E-state index in [2.05, 4.69) is 14.6 Å². The quantitative estimate of drug-likeness (QED) is 0.489. The van der Waals surface area contributed by atoms with E-state index in [0.29, 0.717) is 0 Å². The molecule has 0 bridgehead atoms. The van der Waals surface area contributed by atoms with Crippen LogP contribution in [0, 0.1) is 0 Å². The van der Waals surface area contributed by atoms with Crippen LogP contribution in [0.3, 0.4) is 0 Å². The van der Waals surface area contributed by atoms with Crippen LogP contribution < -0.4 is 0 Å². The fourth-order valence-electron chi connectivity index (χ4n) is 0.467. The van der Waals surface area contributed by atoms with Gasteiger partial charge in [-0.3, -0.25) is 5.10 Å². The average Bonchev–Trinajstić information content (AvgIpc) is 2.34. The van der Waals surface area contributed by atoms with Gasteiger partial charge in [0.1, 0.15) is 6.26 Å². The fourth-order valence-corrected chi connectivity index (χ4v) is 0.737. The number of aromatic nitrogens is 2. The lowest BCUT2D eigenvalue weighted by molar-refractivity contribution is 0.603. The monoisotopic (exact) mass is 157 g/mol. The van der Waals surface area contributed by atoms with E-state index in [9.17, 15) is 4.55 Å². The molecule has 1 atom stereocenters. The Kier molecular flexibility index (Phi) is 2.47. The van der Waals surface area contributed by atoms with Crippen molar-refractivity contribution in [3.63, 3.8) is 0 Å². The molecular formula is C5H7N3OS. The molecule has 1 N–H and O–H groups in total. The van der Waals surface area contributed by atoms with E-state index in [4.69, 9.17) is 0 Å². The van der Waals surface area contributed by atoms with Crippen molar-refractivity contribution in [1.82, 2.24) is 10.2 Å². The Bertz CT molecular complexity index is 207. The number of H-pyrrole nitrogens is 1. The van der Waals surface area contributed by atoms with Crippen molar-refractivity contribution in [1.29, 1.82) is 0 Å². The molecule has 0 aliphatic carbocycles. The predicted octanol–water partition coefficient (Wildman–Crippen LogP) is 0.122. The van der Waals surface area contributed by atoms with Gasteiger partial charge in [-0.15, -0.1) is 0 Å². The molecule has 0 saturated heterocycles. The minimum atomic E-state index is -1.12. The molecular weight excluding hydrogens is 150 g/mol. The van der Waals surface area contributed by atoms with E-state index >= 15 is 0 Å². The summed E-state index contributed by atoms with van der Waals surface area (Å²) in [4.78, 5) is 0. The van der Waals surface area contributed by atoms with Crippen LogP contribution in [0.4, 0.5) is 0 Å². The number of nitrogens with zero attached hydrogens (tertiary/aromatic N) is 2. The molecule has 0 saturated carbocycles. The molecule has 0 spiro atoms. The van der Waals surface area contributed by atoms with Gasteiger partial charge in [0.15, 0.2) is 0 Å². The molecule has 0 aliphatic heterocycles. The van der Waals surface area contributed by atoms with E-state index in [0.717, 1.165) is 5.56 Å². The first-order chi connectivity index (χ1) is 4.79. The van der Waals surface area contributed by atoms with Gasteiger partial charge >= 0.3 is 0 Å². The third-order valence-electron chi connectivity index (χ3n) is 0.870. The van der Waals surface area contributed by atoms with Crippen molar-refractivity contribution < 1.29 is 4.55 Å². The molecule has 1 aromatic rings. The second-order valence-corrected chi connectivity index (χ2v) is 2.75. The maximum atomic E-state index is 10.4. The summed E-state index contributed by atoms with van der Waals surface area (Å²) in [5, 5.41) is 6.30. The van der Waals surface area contributed by atoms with Crippen LogP contribution in [0.15, 0.2) is 16.8 Å². The molecule has 0 radical (unpaired) electrons. The third kappa shape index (κ3) is 2.20. The van der Waals surface area contributed by atoms with Gasteiger partial charge in [-0.05, 0) is 0 Å². The lowest BCUT2D eigenvalue weighted by Gasteiger charge is -1.90. The Morgan fingerprint density at radius 1 is 1.90 bits per heavy atom. The highest BCUT2D eigenvalue weighted by Gasteiger charge is 1.90. The summed E-state index contributed by atoms with van der Waals surface area (Å²) in [6.07, 6.45) is 6.31. The Morgan fingerprint density at radius 2 is 2.70 bits per heavy atom. The lowest BCUT2D eigenvalue weighted by atomic mass is 10.4. The average molecular weight is 157 g/mol. The summed E-state index contributed by atoms with van der Waals surface area (Å²) < 4.78 is 14.1. The molecule has 0 amide bonds. The van der Waals surface area contributed by atoms with Crippen LogP contribution >= 0.6 is 0 Å². The van der Waals surface area contributed by atoms with Crippen molar-refractivity contribution in [2.45, 2.75) is 0 Å². The van der Waals surface area contributed by atoms with Gasteiger partial charge in [0, 0.05) is 11.8 Å². The lowest BCUT2D eigenvalue weighted by Crippen LogP contribution is -1.90. The molecule has 10 heavy (non-hydrogen) atoms. The van der Waals surface area contributed by atoms with Gasteiger partial charge in [-0.25, -0.2) is 0 Å². The maximum Gasteiger partial charge on any atom is 0.123 e. The highest BCUT2D eigenvalue weighted by Crippen LogP contribution is 1.90. The molecule has 5 heteroatoms. The second kappa shape index (κ2) is 3.38. The SMILES string of the molecule is C[S+]([O-])N=Cc1cn[nH]c1. The van der Waals surface area contributed by atoms with Crippen LogP contribution in [0.25, 0.3) is 0 Å². The van der Waals surface area contributed by atoms with Crippen LogP contribution in [-0.2, 0) is 11.4 Å².